The minimum absolute atomic E-state index is 0.0311. The van der Waals surface area contributed by atoms with Crippen molar-refractivity contribution in [2.24, 2.45) is 0 Å². The van der Waals surface area contributed by atoms with E-state index in [0.717, 1.165) is 26.1 Å². The van der Waals surface area contributed by atoms with Crippen LogP contribution in [0.15, 0.2) is 52.3 Å². The standard InChI is InChI=1S/C18H23N3O4S/c1-14-7-5-6-8-15(14)11-20(4)18(23)13-21-12-16(9-10-17(21)22)26(24,25)19(2)3/h5-10,12H,11,13H2,1-4H3. The highest BCUT2D eigenvalue weighted by atomic mass is 32.2. The number of carbonyl (C=O) groups is 1. The molecule has 1 heterocycles. The number of pyridine rings is 1. The van der Waals surface area contributed by atoms with Crippen molar-refractivity contribution < 1.29 is 13.2 Å². The first kappa shape index (κ1) is 19.9. The van der Waals surface area contributed by atoms with Gasteiger partial charge in [-0.15, -0.1) is 0 Å². The summed E-state index contributed by atoms with van der Waals surface area (Å²) < 4.78 is 26.6. The summed E-state index contributed by atoms with van der Waals surface area (Å²) in [6, 6.07) is 10.1. The van der Waals surface area contributed by atoms with Crippen LogP contribution in [0.5, 0.6) is 0 Å². The number of amides is 1. The summed E-state index contributed by atoms with van der Waals surface area (Å²) >= 11 is 0. The molecule has 0 aliphatic carbocycles. The van der Waals surface area contributed by atoms with Gasteiger partial charge in [0.15, 0.2) is 0 Å². The van der Waals surface area contributed by atoms with Gasteiger partial charge in [0, 0.05) is 40.0 Å². The molecule has 1 amide bonds. The molecule has 26 heavy (non-hydrogen) atoms. The Balaban J connectivity index is 2.21. The number of benzene rings is 1. The molecule has 0 bridgehead atoms. The molecule has 8 heteroatoms. The Bertz CT molecular complexity index is 964. The second kappa shape index (κ2) is 7.84. The molecule has 2 aromatic rings. The van der Waals surface area contributed by atoms with Crippen LogP contribution in [-0.2, 0) is 27.9 Å². The van der Waals surface area contributed by atoms with E-state index in [-0.39, 0.29) is 17.3 Å². The smallest absolute Gasteiger partial charge is 0.251 e. The van der Waals surface area contributed by atoms with E-state index in [2.05, 4.69) is 0 Å². The van der Waals surface area contributed by atoms with E-state index in [0.29, 0.717) is 6.54 Å². The average Bonchev–Trinajstić information content (AvgIpc) is 2.58. The maximum absolute atomic E-state index is 12.5. The number of aromatic nitrogens is 1. The molecule has 140 valence electrons. The summed E-state index contributed by atoms with van der Waals surface area (Å²) in [5, 5.41) is 0. The predicted octanol–water partition coefficient (Wildman–Crippen LogP) is 1.07. The molecule has 0 radical (unpaired) electrons. The van der Waals surface area contributed by atoms with Gasteiger partial charge in [0.25, 0.3) is 5.56 Å². The lowest BCUT2D eigenvalue weighted by Gasteiger charge is -2.19. The normalized spacial score (nSPS) is 11.6. The first-order valence-corrected chi connectivity index (χ1v) is 9.48. The van der Waals surface area contributed by atoms with E-state index in [9.17, 15) is 18.0 Å². The second-order valence-electron chi connectivity index (χ2n) is 6.29. The third-order valence-corrected chi connectivity index (χ3v) is 5.93. The van der Waals surface area contributed by atoms with Crippen LogP contribution in [0.2, 0.25) is 0 Å². The summed E-state index contributed by atoms with van der Waals surface area (Å²) in [5.74, 6) is -0.283. The van der Waals surface area contributed by atoms with Crippen molar-refractivity contribution in [3.05, 3.63) is 64.1 Å². The summed E-state index contributed by atoms with van der Waals surface area (Å²) in [4.78, 5) is 26.0. The number of carbonyl (C=O) groups excluding carboxylic acids is 1. The lowest BCUT2D eigenvalue weighted by molar-refractivity contribution is -0.131. The quantitative estimate of drug-likeness (QED) is 0.754. The van der Waals surface area contributed by atoms with Crippen molar-refractivity contribution in [2.45, 2.75) is 24.9 Å². The van der Waals surface area contributed by atoms with Crippen LogP contribution < -0.4 is 5.56 Å². The molecule has 7 nitrogen and oxygen atoms in total. The molecule has 1 aromatic carbocycles. The SMILES string of the molecule is Cc1ccccc1CN(C)C(=O)Cn1cc(S(=O)(=O)N(C)C)ccc1=O. The van der Waals surface area contributed by atoms with Crippen LogP contribution in [0, 0.1) is 6.92 Å². The van der Waals surface area contributed by atoms with E-state index in [1.165, 1.54) is 31.3 Å². The van der Waals surface area contributed by atoms with Crippen LogP contribution >= 0.6 is 0 Å². The van der Waals surface area contributed by atoms with Gasteiger partial charge in [-0.1, -0.05) is 24.3 Å². The zero-order valence-corrected chi connectivity index (χ0v) is 16.2. The van der Waals surface area contributed by atoms with E-state index >= 15 is 0 Å². The molecule has 0 aliphatic rings. The van der Waals surface area contributed by atoms with Crippen molar-refractivity contribution in [1.29, 1.82) is 0 Å². The monoisotopic (exact) mass is 377 g/mol. The Morgan fingerprint density at radius 2 is 1.73 bits per heavy atom. The Hall–Kier alpha value is -2.45. The molecular formula is C18H23N3O4S. The van der Waals surface area contributed by atoms with E-state index in [1.54, 1.807) is 7.05 Å². The molecule has 0 fully saturated rings. The summed E-state index contributed by atoms with van der Waals surface area (Å²) in [6.45, 7) is 2.15. The van der Waals surface area contributed by atoms with Crippen molar-refractivity contribution in [3.63, 3.8) is 0 Å². The number of nitrogens with zero attached hydrogens (tertiary/aromatic N) is 3. The number of rotatable bonds is 6. The highest BCUT2D eigenvalue weighted by molar-refractivity contribution is 7.89. The molecule has 0 unspecified atom stereocenters. The molecule has 0 N–H and O–H groups in total. The van der Waals surface area contributed by atoms with Gasteiger partial charge in [-0.2, -0.15) is 0 Å². The third kappa shape index (κ3) is 4.39. The maximum Gasteiger partial charge on any atom is 0.251 e. The molecule has 2 rings (SSSR count). The second-order valence-corrected chi connectivity index (χ2v) is 8.45. The minimum atomic E-state index is -3.68. The molecule has 0 aliphatic heterocycles. The van der Waals surface area contributed by atoms with E-state index in [1.807, 2.05) is 31.2 Å². The van der Waals surface area contributed by atoms with Gasteiger partial charge in [-0.25, -0.2) is 12.7 Å². The number of hydrogen-bond acceptors (Lipinski definition) is 4. The molecule has 0 saturated carbocycles. The molecular weight excluding hydrogens is 354 g/mol. The van der Waals surface area contributed by atoms with Gasteiger partial charge in [0.1, 0.15) is 6.54 Å². The van der Waals surface area contributed by atoms with Gasteiger partial charge in [-0.05, 0) is 24.1 Å². The maximum atomic E-state index is 12.5. The van der Waals surface area contributed by atoms with Crippen molar-refractivity contribution in [1.82, 2.24) is 13.8 Å². The van der Waals surface area contributed by atoms with Gasteiger partial charge in [0.2, 0.25) is 15.9 Å². The zero-order chi connectivity index (χ0) is 19.5. The topological polar surface area (TPSA) is 79.7 Å². The fourth-order valence-corrected chi connectivity index (χ4v) is 3.32. The van der Waals surface area contributed by atoms with Gasteiger partial charge >= 0.3 is 0 Å². The fraction of sp³-hybridized carbons (Fsp3) is 0.333. The van der Waals surface area contributed by atoms with Gasteiger partial charge in [0.05, 0.1) is 4.90 Å². The summed E-state index contributed by atoms with van der Waals surface area (Å²) in [7, 11) is 0.793. The highest BCUT2D eigenvalue weighted by Crippen LogP contribution is 2.12. The fourth-order valence-electron chi connectivity index (χ4n) is 2.39. The third-order valence-electron chi connectivity index (χ3n) is 4.14. The van der Waals surface area contributed by atoms with Crippen LogP contribution in [0.4, 0.5) is 0 Å². The number of hydrogen-bond donors (Lipinski definition) is 0. The molecule has 0 saturated heterocycles. The Morgan fingerprint density at radius 1 is 1.08 bits per heavy atom. The van der Waals surface area contributed by atoms with Gasteiger partial charge < -0.3 is 9.47 Å². The molecule has 0 atom stereocenters. The number of sulfonamides is 1. The van der Waals surface area contributed by atoms with Crippen LogP contribution in [0.3, 0.4) is 0 Å². The first-order valence-electron chi connectivity index (χ1n) is 8.04. The van der Waals surface area contributed by atoms with Crippen LogP contribution in [-0.4, -0.2) is 49.2 Å². The Labute approximate surface area is 153 Å². The van der Waals surface area contributed by atoms with E-state index in [4.69, 9.17) is 0 Å². The summed E-state index contributed by atoms with van der Waals surface area (Å²) in [6.07, 6.45) is 1.21. The first-order chi connectivity index (χ1) is 12.1. The van der Waals surface area contributed by atoms with Crippen molar-refractivity contribution >= 4 is 15.9 Å². The van der Waals surface area contributed by atoms with Crippen LogP contribution in [0.1, 0.15) is 11.1 Å². The lowest BCUT2D eigenvalue weighted by Crippen LogP contribution is -2.34. The predicted molar refractivity (Wildman–Crippen MR) is 99.2 cm³/mol. The average molecular weight is 377 g/mol. The van der Waals surface area contributed by atoms with Crippen LogP contribution in [0.25, 0.3) is 0 Å². The Morgan fingerprint density at radius 3 is 2.35 bits per heavy atom. The lowest BCUT2D eigenvalue weighted by atomic mass is 10.1. The van der Waals surface area contributed by atoms with E-state index < -0.39 is 15.6 Å². The number of aryl methyl sites for hydroxylation is 1. The molecule has 0 spiro atoms. The van der Waals surface area contributed by atoms with Crippen molar-refractivity contribution in [2.75, 3.05) is 21.1 Å². The Kier molecular flexibility index (Phi) is 5.99. The minimum Gasteiger partial charge on any atom is -0.340 e. The zero-order valence-electron chi connectivity index (χ0n) is 15.3. The van der Waals surface area contributed by atoms with Gasteiger partial charge in [-0.3, -0.25) is 9.59 Å². The molecule has 1 aromatic heterocycles. The summed E-state index contributed by atoms with van der Waals surface area (Å²) in [5.41, 5.74) is 1.66. The van der Waals surface area contributed by atoms with Crippen molar-refractivity contribution in [3.8, 4) is 0 Å². The highest BCUT2D eigenvalue weighted by Gasteiger charge is 2.19. The number of likely N-dealkylation sites (N-methyl/N-ethyl adjacent to an activating group) is 1. The largest absolute Gasteiger partial charge is 0.340 e.